The van der Waals surface area contributed by atoms with Crippen LogP contribution in [-0.4, -0.2) is 19.1 Å². The van der Waals surface area contributed by atoms with Gasteiger partial charge in [0.05, 0.1) is 4.90 Å². The van der Waals surface area contributed by atoms with Crippen LogP contribution in [0, 0.1) is 0 Å². The standard InChI is InChI=1S/C25H23NO3S/c27-24(25(14-6-7-15-25)30(28,29)21-9-2-1-3-10-21)26-20-13-12-19-16-18-8-4-5-11-22(18)23(19)17-20/h1-5,8-13,17H,6-7,14-16H2,(H,26,27). The maximum atomic E-state index is 13.5. The number of fused-ring (bicyclic) bond motifs is 3. The molecule has 5 rings (SSSR count). The molecule has 0 aromatic heterocycles. The number of hydrogen-bond donors (Lipinski definition) is 1. The summed E-state index contributed by atoms with van der Waals surface area (Å²) in [6.07, 6.45) is 3.05. The summed E-state index contributed by atoms with van der Waals surface area (Å²) in [5.41, 5.74) is 5.42. The molecule has 1 N–H and O–H groups in total. The molecule has 4 nitrogen and oxygen atoms in total. The molecule has 0 heterocycles. The SMILES string of the molecule is O=C(Nc1ccc2c(c1)-c1ccccc1C2)C1(S(=O)(=O)c2ccccc2)CCCC1. The van der Waals surface area contributed by atoms with Gasteiger partial charge in [-0.1, -0.05) is 61.4 Å². The fourth-order valence-corrected chi connectivity index (χ4v) is 6.92. The minimum Gasteiger partial charge on any atom is -0.325 e. The number of amides is 1. The molecule has 2 aliphatic carbocycles. The van der Waals surface area contributed by atoms with Crippen LogP contribution in [0.25, 0.3) is 11.1 Å². The van der Waals surface area contributed by atoms with Crippen molar-refractivity contribution < 1.29 is 13.2 Å². The molecule has 1 saturated carbocycles. The number of benzene rings is 3. The molecular weight excluding hydrogens is 394 g/mol. The second-order valence-corrected chi connectivity index (χ2v) is 10.4. The van der Waals surface area contributed by atoms with Crippen molar-refractivity contribution in [3.63, 3.8) is 0 Å². The highest BCUT2D eigenvalue weighted by molar-refractivity contribution is 7.93. The molecule has 1 amide bonds. The predicted octanol–water partition coefficient (Wildman–Crippen LogP) is 4.98. The van der Waals surface area contributed by atoms with Crippen LogP contribution in [0.5, 0.6) is 0 Å². The molecule has 2 aliphatic rings. The van der Waals surface area contributed by atoms with E-state index in [1.54, 1.807) is 30.3 Å². The third-order valence-corrected chi connectivity index (χ3v) is 8.96. The summed E-state index contributed by atoms with van der Waals surface area (Å²) >= 11 is 0. The van der Waals surface area contributed by atoms with Crippen molar-refractivity contribution in [3.05, 3.63) is 83.9 Å². The van der Waals surface area contributed by atoms with Crippen LogP contribution in [0.2, 0.25) is 0 Å². The quantitative estimate of drug-likeness (QED) is 0.509. The first-order valence-electron chi connectivity index (χ1n) is 10.3. The van der Waals surface area contributed by atoms with Gasteiger partial charge in [0.1, 0.15) is 0 Å². The minimum absolute atomic E-state index is 0.213. The monoisotopic (exact) mass is 417 g/mol. The summed E-state index contributed by atoms with van der Waals surface area (Å²) in [4.78, 5) is 13.6. The van der Waals surface area contributed by atoms with Gasteiger partial charge in [0.15, 0.2) is 14.6 Å². The van der Waals surface area contributed by atoms with Crippen molar-refractivity contribution in [1.29, 1.82) is 0 Å². The van der Waals surface area contributed by atoms with Crippen LogP contribution in [0.15, 0.2) is 77.7 Å². The second-order valence-electron chi connectivity index (χ2n) is 8.18. The first-order valence-corrected chi connectivity index (χ1v) is 11.8. The minimum atomic E-state index is -3.79. The fraction of sp³-hybridized carbons (Fsp3) is 0.240. The molecular formula is C25H23NO3S. The Morgan fingerprint density at radius 2 is 1.47 bits per heavy atom. The smallest absolute Gasteiger partial charge is 0.246 e. The summed E-state index contributed by atoms with van der Waals surface area (Å²) in [6, 6.07) is 22.5. The summed E-state index contributed by atoms with van der Waals surface area (Å²) < 4.78 is 25.5. The van der Waals surface area contributed by atoms with Crippen LogP contribution >= 0.6 is 0 Å². The van der Waals surface area contributed by atoms with Crippen LogP contribution in [0.1, 0.15) is 36.8 Å². The number of hydrogen-bond acceptors (Lipinski definition) is 3. The maximum Gasteiger partial charge on any atom is 0.246 e. The Bertz CT molecular complexity index is 1230. The molecule has 152 valence electrons. The third-order valence-electron chi connectivity index (χ3n) is 6.45. The van der Waals surface area contributed by atoms with Crippen LogP contribution in [-0.2, 0) is 21.1 Å². The Hall–Kier alpha value is -2.92. The Balaban J connectivity index is 1.49. The number of carbonyl (C=O) groups excluding carboxylic acids is 1. The van der Waals surface area contributed by atoms with E-state index in [9.17, 15) is 13.2 Å². The Morgan fingerprint density at radius 3 is 2.23 bits per heavy atom. The fourth-order valence-electron chi connectivity index (χ4n) is 4.84. The lowest BCUT2D eigenvalue weighted by Crippen LogP contribution is -2.47. The second kappa shape index (κ2) is 7.10. The van der Waals surface area contributed by atoms with E-state index in [-0.39, 0.29) is 4.90 Å². The Labute approximate surface area is 176 Å². The van der Waals surface area contributed by atoms with Crippen LogP contribution in [0.3, 0.4) is 0 Å². The zero-order chi connectivity index (χ0) is 20.8. The van der Waals surface area contributed by atoms with Gasteiger partial charge < -0.3 is 5.32 Å². The van der Waals surface area contributed by atoms with Crippen molar-refractivity contribution >= 4 is 21.4 Å². The lowest BCUT2D eigenvalue weighted by molar-refractivity contribution is -0.118. The van der Waals surface area contributed by atoms with E-state index < -0.39 is 20.5 Å². The molecule has 0 aliphatic heterocycles. The molecule has 3 aromatic carbocycles. The first-order chi connectivity index (χ1) is 14.5. The van der Waals surface area contributed by atoms with Crippen molar-refractivity contribution in [2.24, 2.45) is 0 Å². The third kappa shape index (κ3) is 2.88. The van der Waals surface area contributed by atoms with Crippen molar-refractivity contribution in [2.45, 2.75) is 41.7 Å². The highest BCUT2D eigenvalue weighted by Crippen LogP contribution is 2.42. The lowest BCUT2D eigenvalue weighted by atomic mass is 10.0. The van der Waals surface area contributed by atoms with E-state index in [0.29, 0.717) is 18.5 Å². The molecule has 3 aromatic rings. The maximum absolute atomic E-state index is 13.5. The van der Waals surface area contributed by atoms with E-state index in [1.165, 1.54) is 16.7 Å². The molecule has 0 radical (unpaired) electrons. The highest BCUT2D eigenvalue weighted by Gasteiger charge is 2.52. The van der Waals surface area contributed by atoms with Gasteiger partial charge in [-0.15, -0.1) is 0 Å². The van der Waals surface area contributed by atoms with Gasteiger partial charge in [-0.3, -0.25) is 4.79 Å². The number of anilines is 1. The first kappa shape index (κ1) is 19.1. The van der Waals surface area contributed by atoms with Gasteiger partial charge in [0.2, 0.25) is 5.91 Å². The predicted molar refractivity (Wildman–Crippen MR) is 118 cm³/mol. The number of sulfone groups is 1. The number of nitrogens with one attached hydrogen (secondary N) is 1. The molecule has 1 fully saturated rings. The summed E-state index contributed by atoms with van der Waals surface area (Å²) in [5.74, 6) is -0.421. The van der Waals surface area contributed by atoms with Gasteiger partial charge in [0.25, 0.3) is 0 Å². The van der Waals surface area contributed by atoms with Crippen molar-refractivity contribution in [3.8, 4) is 11.1 Å². The van der Waals surface area contributed by atoms with Crippen LogP contribution in [0.4, 0.5) is 5.69 Å². The Kier molecular flexibility index (Phi) is 4.51. The molecule has 0 unspecified atom stereocenters. The van der Waals surface area contributed by atoms with Gasteiger partial charge >= 0.3 is 0 Å². The molecule has 30 heavy (non-hydrogen) atoms. The largest absolute Gasteiger partial charge is 0.325 e. The molecule has 5 heteroatoms. The zero-order valence-electron chi connectivity index (χ0n) is 16.6. The average Bonchev–Trinajstić information content (AvgIpc) is 3.40. The topological polar surface area (TPSA) is 63.2 Å². The van der Waals surface area contributed by atoms with E-state index in [0.717, 1.165) is 24.8 Å². The Morgan fingerprint density at radius 1 is 0.800 bits per heavy atom. The van der Waals surface area contributed by atoms with Gasteiger partial charge in [-0.25, -0.2) is 8.42 Å². The van der Waals surface area contributed by atoms with Gasteiger partial charge in [-0.2, -0.15) is 0 Å². The van der Waals surface area contributed by atoms with Crippen molar-refractivity contribution in [1.82, 2.24) is 0 Å². The van der Waals surface area contributed by atoms with Gasteiger partial charge in [0, 0.05) is 5.69 Å². The summed E-state index contributed by atoms with van der Waals surface area (Å²) in [6.45, 7) is 0. The highest BCUT2D eigenvalue weighted by atomic mass is 32.2. The number of carbonyl (C=O) groups is 1. The number of rotatable bonds is 4. The van der Waals surface area contributed by atoms with E-state index in [2.05, 4.69) is 17.4 Å². The molecule has 0 bridgehead atoms. The average molecular weight is 418 g/mol. The van der Waals surface area contributed by atoms with Gasteiger partial charge in [-0.05, 0) is 65.8 Å². The van der Waals surface area contributed by atoms with E-state index >= 15 is 0 Å². The molecule has 0 atom stereocenters. The molecule has 0 saturated heterocycles. The van der Waals surface area contributed by atoms with Crippen molar-refractivity contribution in [2.75, 3.05) is 5.32 Å². The van der Waals surface area contributed by atoms with Crippen LogP contribution < -0.4 is 5.32 Å². The normalized spacial score (nSPS) is 16.7. The molecule has 0 spiro atoms. The summed E-state index contributed by atoms with van der Waals surface area (Å²) in [5, 5.41) is 2.94. The van der Waals surface area contributed by atoms with E-state index in [4.69, 9.17) is 0 Å². The van der Waals surface area contributed by atoms with E-state index in [1.807, 2.05) is 30.3 Å². The summed E-state index contributed by atoms with van der Waals surface area (Å²) in [7, 11) is -3.79. The zero-order valence-corrected chi connectivity index (χ0v) is 17.4. The lowest BCUT2D eigenvalue weighted by Gasteiger charge is -2.27.